The third-order valence-corrected chi connectivity index (χ3v) is 9.01. The number of carbonyl (C=O) groups is 1. The monoisotopic (exact) mass is 480 g/mol. The molecule has 0 bridgehead atoms. The average molecular weight is 481 g/mol. The summed E-state index contributed by atoms with van der Waals surface area (Å²) < 4.78 is 22.5. The summed E-state index contributed by atoms with van der Waals surface area (Å²) in [6.07, 6.45) is 1.26. The van der Waals surface area contributed by atoms with Crippen molar-refractivity contribution in [2.75, 3.05) is 18.2 Å². The van der Waals surface area contributed by atoms with Gasteiger partial charge in [0.1, 0.15) is 18.7 Å². The number of nitrogens with zero attached hydrogens (tertiary/aromatic N) is 2. The van der Waals surface area contributed by atoms with E-state index in [2.05, 4.69) is 26.6 Å². The lowest BCUT2D eigenvalue weighted by molar-refractivity contribution is -0.120. The quantitative estimate of drug-likeness (QED) is 0.335. The fourth-order valence-electron chi connectivity index (χ4n) is 5.41. The summed E-state index contributed by atoms with van der Waals surface area (Å²) >= 11 is 0. The molecule has 1 aromatic carbocycles. The van der Waals surface area contributed by atoms with E-state index in [0.717, 1.165) is 17.2 Å². The average Bonchev–Trinajstić information content (AvgIpc) is 2.79. The van der Waals surface area contributed by atoms with Crippen molar-refractivity contribution in [3.8, 4) is 0 Å². The van der Waals surface area contributed by atoms with Gasteiger partial charge >= 0.3 is 0 Å². The minimum atomic E-state index is -1.30. The summed E-state index contributed by atoms with van der Waals surface area (Å²) in [7, 11) is -1.27. The summed E-state index contributed by atoms with van der Waals surface area (Å²) in [4.78, 5) is 20.4. The molecule has 34 heavy (non-hydrogen) atoms. The molecule has 0 radical (unpaired) electrons. The minimum absolute atomic E-state index is 0.0150. The third-order valence-electron chi connectivity index (χ3n) is 7.31. The number of fused-ring (bicyclic) bond motifs is 1. The fraction of sp³-hybridized carbons (Fsp3) is 0.500. The molecular weight excluding hydrogens is 443 g/mol. The highest BCUT2D eigenvalue weighted by Gasteiger charge is 2.55. The molecule has 2 heterocycles. The van der Waals surface area contributed by atoms with Gasteiger partial charge in [0, 0.05) is 43.8 Å². The second kappa shape index (κ2) is 9.04. The van der Waals surface area contributed by atoms with Crippen LogP contribution >= 0.6 is 0 Å². The van der Waals surface area contributed by atoms with Crippen molar-refractivity contribution in [1.82, 2.24) is 4.98 Å². The zero-order chi connectivity index (χ0) is 24.7. The lowest BCUT2D eigenvalue weighted by Crippen LogP contribution is -2.52. The molecule has 0 saturated heterocycles. The van der Waals surface area contributed by atoms with E-state index in [0.29, 0.717) is 30.1 Å². The van der Waals surface area contributed by atoms with E-state index in [4.69, 9.17) is 9.72 Å². The number of hydrogen-bond donors (Lipinski definition) is 0. The molecule has 4 rings (SSSR count). The predicted molar refractivity (Wildman–Crippen MR) is 139 cm³/mol. The summed E-state index contributed by atoms with van der Waals surface area (Å²) in [5.41, 5.74) is 1.41. The van der Waals surface area contributed by atoms with Crippen molar-refractivity contribution in [3.63, 3.8) is 0 Å². The Balaban J connectivity index is 1.93. The van der Waals surface area contributed by atoms with E-state index in [1.165, 1.54) is 0 Å². The number of pyridine rings is 1. The molecule has 2 atom stereocenters. The van der Waals surface area contributed by atoms with Crippen LogP contribution in [0.3, 0.4) is 0 Å². The number of halogens is 1. The first-order valence-corrected chi connectivity index (χ1v) is 16.0. The van der Waals surface area contributed by atoms with E-state index in [9.17, 15) is 4.79 Å². The molecule has 0 spiro atoms. The smallest absolute Gasteiger partial charge is 0.162 e. The van der Waals surface area contributed by atoms with Gasteiger partial charge in [-0.15, -0.1) is 0 Å². The highest BCUT2D eigenvalue weighted by molar-refractivity contribution is 6.76. The number of rotatable bonds is 7. The molecule has 1 aliphatic carbocycles. The van der Waals surface area contributed by atoms with Crippen LogP contribution in [0.5, 0.6) is 0 Å². The molecule has 0 fully saturated rings. The summed E-state index contributed by atoms with van der Waals surface area (Å²) in [5, 5.41) is 0. The van der Waals surface area contributed by atoms with Crippen molar-refractivity contribution in [2.24, 2.45) is 5.41 Å². The molecular formula is C28H37FN2O2Si. The van der Waals surface area contributed by atoms with E-state index in [1.807, 2.05) is 61.2 Å². The minimum Gasteiger partial charge on any atom is -0.361 e. The number of alkyl halides is 1. The molecule has 0 amide bonds. The first-order valence-electron chi connectivity index (χ1n) is 12.3. The Morgan fingerprint density at radius 3 is 2.50 bits per heavy atom. The molecule has 2 unspecified atom stereocenters. The summed E-state index contributed by atoms with van der Waals surface area (Å²) in [5.74, 6) is 0.703. The Morgan fingerprint density at radius 2 is 1.85 bits per heavy atom. The summed E-state index contributed by atoms with van der Waals surface area (Å²) in [6.45, 7) is 13.5. The second-order valence-electron chi connectivity index (χ2n) is 11.5. The lowest BCUT2D eigenvalue weighted by Gasteiger charge is -2.50. The first kappa shape index (κ1) is 24.8. The number of ether oxygens (including phenoxy) is 1. The van der Waals surface area contributed by atoms with Gasteiger partial charge in [0.15, 0.2) is 5.78 Å². The van der Waals surface area contributed by atoms with Crippen molar-refractivity contribution in [2.45, 2.75) is 70.9 Å². The van der Waals surface area contributed by atoms with Gasteiger partial charge in [-0.2, -0.15) is 0 Å². The van der Waals surface area contributed by atoms with Gasteiger partial charge in [-0.1, -0.05) is 76.8 Å². The SMILES string of the molecule is CCC1(c2ccccc2)C2=C(C(F)C(C)(C)CC2=O)N(COCC[Si](C)(C)C)c2ncccc21. The van der Waals surface area contributed by atoms with Crippen molar-refractivity contribution < 1.29 is 13.9 Å². The molecule has 1 aromatic heterocycles. The molecule has 1 aliphatic heterocycles. The highest BCUT2D eigenvalue weighted by Crippen LogP contribution is 2.56. The number of Topliss-reactive ketones (excluding diaryl/α,β-unsaturated/α-hetero) is 1. The number of benzene rings is 1. The zero-order valence-corrected chi connectivity index (χ0v) is 22.3. The van der Waals surface area contributed by atoms with Crippen LogP contribution in [0.25, 0.3) is 0 Å². The maximum atomic E-state index is 16.4. The van der Waals surface area contributed by atoms with Gasteiger partial charge in [-0.05, 0) is 24.1 Å². The van der Waals surface area contributed by atoms with Crippen LogP contribution in [-0.2, 0) is 14.9 Å². The van der Waals surface area contributed by atoms with Gasteiger partial charge in [0.2, 0.25) is 0 Å². The molecule has 4 nitrogen and oxygen atoms in total. The predicted octanol–water partition coefficient (Wildman–Crippen LogP) is 6.50. The van der Waals surface area contributed by atoms with Crippen LogP contribution in [0.4, 0.5) is 10.2 Å². The molecule has 0 N–H and O–H groups in total. The molecule has 2 aromatic rings. The number of ketones is 1. The van der Waals surface area contributed by atoms with Crippen LogP contribution in [0, 0.1) is 5.41 Å². The van der Waals surface area contributed by atoms with Gasteiger partial charge in [-0.3, -0.25) is 4.79 Å². The maximum absolute atomic E-state index is 16.4. The molecule has 6 heteroatoms. The van der Waals surface area contributed by atoms with Crippen molar-refractivity contribution >= 4 is 19.7 Å². The van der Waals surface area contributed by atoms with Gasteiger partial charge in [0.25, 0.3) is 0 Å². The van der Waals surface area contributed by atoms with Crippen LogP contribution in [0.1, 0.15) is 44.7 Å². The van der Waals surface area contributed by atoms with Crippen LogP contribution in [0.2, 0.25) is 25.7 Å². The van der Waals surface area contributed by atoms with E-state index < -0.39 is 25.1 Å². The fourth-order valence-corrected chi connectivity index (χ4v) is 6.17. The number of allylic oxidation sites excluding steroid dienone is 2. The largest absolute Gasteiger partial charge is 0.361 e. The normalized spacial score (nSPS) is 24.1. The summed E-state index contributed by atoms with van der Waals surface area (Å²) in [6, 6.07) is 15.0. The Bertz CT molecular complexity index is 1090. The number of hydrogen-bond acceptors (Lipinski definition) is 4. The van der Waals surface area contributed by atoms with Gasteiger partial charge in [-0.25, -0.2) is 9.37 Å². The van der Waals surface area contributed by atoms with E-state index in [1.54, 1.807) is 6.20 Å². The van der Waals surface area contributed by atoms with E-state index >= 15 is 4.39 Å². The Hall–Kier alpha value is -2.31. The standard InChI is InChI=1S/C28H37FN2O2Si/c1-7-28(20-12-9-8-10-13-20)21-14-11-15-30-26(21)31(19-33-16-17-34(4,5)6)24-23(28)22(32)18-27(2,3)25(24)29/h8-15,25H,7,16-19H2,1-6H3. The highest BCUT2D eigenvalue weighted by atomic mass is 28.3. The van der Waals surface area contributed by atoms with Crippen LogP contribution in [-0.4, -0.2) is 38.4 Å². The second-order valence-corrected chi connectivity index (χ2v) is 17.1. The third kappa shape index (κ3) is 4.15. The Labute approximate surface area is 204 Å². The first-order chi connectivity index (χ1) is 16.0. The Morgan fingerprint density at radius 1 is 1.15 bits per heavy atom. The molecule has 2 aliphatic rings. The Kier molecular flexibility index (Phi) is 6.60. The van der Waals surface area contributed by atoms with E-state index in [-0.39, 0.29) is 18.9 Å². The van der Waals surface area contributed by atoms with Crippen molar-refractivity contribution in [3.05, 3.63) is 71.1 Å². The van der Waals surface area contributed by atoms with Gasteiger partial charge in [0.05, 0.1) is 11.1 Å². The maximum Gasteiger partial charge on any atom is 0.162 e. The van der Waals surface area contributed by atoms with Crippen LogP contribution in [0.15, 0.2) is 59.9 Å². The number of aromatic nitrogens is 1. The van der Waals surface area contributed by atoms with Crippen LogP contribution < -0.4 is 4.90 Å². The van der Waals surface area contributed by atoms with Gasteiger partial charge < -0.3 is 9.64 Å². The topological polar surface area (TPSA) is 42.4 Å². The zero-order valence-electron chi connectivity index (χ0n) is 21.3. The number of anilines is 1. The molecule has 0 saturated carbocycles. The number of carbonyl (C=O) groups excluding carboxylic acids is 1. The molecule has 182 valence electrons. The van der Waals surface area contributed by atoms with Crippen molar-refractivity contribution in [1.29, 1.82) is 0 Å². The lowest BCUT2D eigenvalue weighted by atomic mass is 9.59.